The maximum atomic E-state index is 10.7. The fourth-order valence-electron chi connectivity index (χ4n) is 2.03. The Bertz CT molecular complexity index is 675. The van der Waals surface area contributed by atoms with Crippen LogP contribution in [0.1, 0.15) is 16.7 Å². The van der Waals surface area contributed by atoms with E-state index in [4.69, 9.17) is 14.6 Å². The van der Waals surface area contributed by atoms with E-state index in [1.165, 1.54) is 0 Å². The Hall–Kier alpha value is -2.75. The van der Waals surface area contributed by atoms with Crippen molar-refractivity contribution in [3.8, 4) is 11.5 Å². The zero-order valence-electron chi connectivity index (χ0n) is 12.6. The Balaban J connectivity index is 2.24. The van der Waals surface area contributed by atoms with Crippen LogP contribution in [0, 0.1) is 6.92 Å². The minimum atomic E-state index is -0.984. The molecule has 0 bridgehead atoms. The minimum Gasteiger partial charge on any atom is -0.493 e. The second kappa shape index (κ2) is 7.31. The summed E-state index contributed by atoms with van der Waals surface area (Å²) in [4.78, 5) is 10.7. The molecule has 0 fully saturated rings. The van der Waals surface area contributed by atoms with Crippen LogP contribution in [0.4, 0.5) is 0 Å². The van der Waals surface area contributed by atoms with Crippen molar-refractivity contribution in [3.63, 3.8) is 0 Å². The zero-order chi connectivity index (χ0) is 15.9. The number of carboxylic acid groups (broad SMARTS) is 1. The van der Waals surface area contributed by atoms with Crippen LogP contribution in [-0.2, 0) is 11.4 Å². The third-order valence-electron chi connectivity index (χ3n) is 3.19. The molecule has 0 aromatic heterocycles. The molecular weight excluding hydrogens is 280 g/mol. The SMILES string of the molecule is COc1cc(C)c(/C=C/C(=O)O)cc1OCc1ccccc1. The molecule has 0 unspecified atom stereocenters. The van der Waals surface area contributed by atoms with Crippen LogP contribution >= 0.6 is 0 Å². The highest BCUT2D eigenvalue weighted by molar-refractivity contribution is 5.85. The number of hydrogen-bond acceptors (Lipinski definition) is 3. The van der Waals surface area contributed by atoms with Gasteiger partial charge in [0.15, 0.2) is 11.5 Å². The molecule has 0 atom stereocenters. The Kier molecular flexibility index (Phi) is 5.20. The van der Waals surface area contributed by atoms with Crippen LogP contribution < -0.4 is 9.47 Å². The molecule has 0 saturated carbocycles. The second-order valence-electron chi connectivity index (χ2n) is 4.81. The molecule has 0 aliphatic carbocycles. The summed E-state index contributed by atoms with van der Waals surface area (Å²) in [5.41, 5.74) is 2.75. The Labute approximate surface area is 129 Å². The second-order valence-corrected chi connectivity index (χ2v) is 4.81. The largest absolute Gasteiger partial charge is 0.493 e. The van der Waals surface area contributed by atoms with Crippen molar-refractivity contribution < 1.29 is 19.4 Å². The van der Waals surface area contributed by atoms with Gasteiger partial charge in [0.2, 0.25) is 0 Å². The van der Waals surface area contributed by atoms with Crippen molar-refractivity contribution in [1.29, 1.82) is 0 Å². The first kappa shape index (κ1) is 15.6. The van der Waals surface area contributed by atoms with Gasteiger partial charge in [0.05, 0.1) is 7.11 Å². The predicted molar refractivity (Wildman–Crippen MR) is 85.2 cm³/mol. The smallest absolute Gasteiger partial charge is 0.328 e. The van der Waals surface area contributed by atoms with Crippen LogP contribution in [-0.4, -0.2) is 18.2 Å². The molecule has 0 saturated heterocycles. The number of aryl methyl sites for hydroxylation is 1. The summed E-state index contributed by atoms with van der Waals surface area (Å²) in [7, 11) is 1.58. The lowest BCUT2D eigenvalue weighted by Crippen LogP contribution is -1.99. The highest BCUT2D eigenvalue weighted by Gasteiger charge is 2.08. The van der Waals surface area contributed by atoms with E-state index < -0.39 is 5.97 Å². The lowest BCUT2D eigenvalue weighted by molar-refractivity contribution is -0.131. The Morgan fingerprint density at radius 3 is 2.55 bits per heavy atom. The lowest BCUT2D eigenvalue weighted by atomic mass is 10.1. The molecule has 4 heteroatoms. The van der Waals surface area contributed by atoms with Crippen LogP contribution in [0.2, 0.25) is 0 Å². The summed E-state index contributed by atoms with van der Waals surface area (Å²) < 4.78 is 11.1. The maximum Gasteiger partial charge on any atom is 0.328 e. The monoisotopic (exact) mass is 298 g/mol. The quantitative estimate of drug-likeness (QED) is 0.827. The van der Waals surface area contributed by atoms with Gasteiger partial charge in [-0.25, -0.2) is 4.79 Å². The van der Waals surface area contributed by atoms with Crippen molar-refractivity contribution in [3.05, 3.63) is 65.2 Å². The van der Waals surface area contributed by atoms with Crippen molar-refractivity contribution in [2.24, 2.45) is 0 Å². The average Bonchev–Trinajstić information content (AvgIpc) is 2.53. The van der Waals surface area contributed by atoms with Crippen LogP contribution in [0.5, 0.6) is 11.5 Å². The first-order chi connectivity index (χ1) is 10.6. The van der Waals surface area contributed by atoms with E-state index in [-0.39, 0.29) is 0 Å². The van der Waals surface area contributed by atoms with Gasteiger partial charge in [0, 0.05) is 6.08 Å². The Morgan fingerprint density at radius 2 is 1.91 bits per heavy atom. The van der Waals surface area contributed by atoms with E-state index in [0.717, 1.165) is 22.8 Å². The minimum absolute atomic E-state index is 0.419. The van der Waals surface area contributed by atoms with Gasteiger partial charge >= 0.3 is 5.97 Å². The first-order valence-electron chi connectivity index (χ1n) is 6.86. The summed E-state index contributed by atoms with van der Waals surface area (Å²) >= 11 is 0. The molecule has 2 aromatic carbocycles. The number of carbonyl (C=O) groups is 1. The molecule has 2 aromatic rings. The van der Waals surface area contributed by atoms with E-state index in [2.05, 4.69) is 0 Å². The molecule has 1 N–H and O–H groups in total. The summed E-state index contributed by atoms with van der Waals surface area (Å²) in [5, 5.41) is 8.75. The third-order valence-corrected chi connectivity index (χ3v) is 3.19. The van der Waals surface area contributed by atoms with Gasteiger partial charge in [-0.1, -0.05) is 30.3 Å². The molecule has 0 heterocycles. The van der Waals surface area contributed by atoms with Crippen molar-refractivity contribution in [1.82, 2.24) is 0 Å². The highest BCUT2D eigenvalue weighted by atomic mass is 16.5. The number of methoxy groups -OCH3 is 1. The fourth-order valence-corrected chi connectivity index (χ4v) is 2.03. The number of hydrogen-bond donors (Lipinski definition) is 1. The molecule has 114 valence electrons. The van der Waals surface area contributed by atoms with Crippen LogP contribution in [0.25, 0.3) is 6.08 Å². The van der Waals surface area contributed by atoms with Gasteiger partial charge in [-0.2, -0.15) is 0 Å². The summed E-state index contributed by atoms with van der Waals surface area (Å²) in [6.45, 7) is 2.31. The van der Waals surface area contributed by atoms with E-state index >= 15 is 0 Å². The van der Waals surface area contributed by atoms with Gasteiger partial charge in [-0.15, -0.1) is 0 Å². The van der Waals surface area contributed by atoms with Crippen molar-refractivity contribution in [2.45, 2.75) is 13.5 Å². The number of carboxylic acids is 1. The fraction of sp³-hybridized carbons (Fsp3) is 0.167. The van der Waals surface area contributed by atoms with Crippen molar-refractivity contribution in [2.75, 3.05) is 7.11 Å². The molecule has 22 heavy (non-hydrogen) atoms. The average molecular weight is 298 g/mol. The normalized spacial score (nSPS) is 10.6. The van der Waals surface area contributed by atoms with Gasteiger partial charge < -0.3 is 14.6 Å². The molecule has 0 radical (unpaired) electrons. The number of benzene rings is 2. The van der Waals surface area contributed by atoms with Gasteiger partial charge in [-0.05, 0) is 41.8 Å². The molecular formula is C18H18O4. The van der Waals surface area contributed by atoms with E-state index in [1.54, 1.807) is 19.3 Å². The van der Waals surface area contributed by atoms with E-state index in [1.807, 2.05) is 43.3 Å². The summed E-state index contributed by atoms with van der Waals surface area (Å²) in [5.74, 6) is 0.227. The standard InChI is InChI=1S/C18H18O4/c1-13-10-16(21-2)17(11-15(13)8-9-18(19)20)22-12-14-6-4-3-5-7-14/h3-11H,12H2,1-2H3,(H,19,20)/b9-8+. The zero-order valence-corrected chi connectivity index (χ0v) is 12.6. The number of rotatable bonds is 6. The van der Waals surface area contributed by atoms with Crippen LogP contribution in [0.15, 0.2) is 48.5 Å². The number of ether oxygens (including phenoxy) is 2. The molecule has 2 rings (SSSR count). The van der Waals surface area contributed by atoms with E-state index in [9.17, 15) is 4.79 Å². The van der Waals surface area contributed by atoms with Gasteiger partial charge in [-0.3, -0.25) is 0 Å². The maximum absolute atomic E-state index is 10.7. The molecule has 0 aliphatic rings. The third kappa shape index (κ3) is 4.12. The van der Waals surface area contributed by atoms with E-state index in [0.29, 0.717) is 18.1 Å². The summed E-state index contributed by atoms with van der Waals surface area (Å²) in [6, 6.07) is 13.4. The topological polar surface area (TPSA) is 55.8 Å². The Morgan fingerprint density at radius 1 is 1.18 bits per heavy atom. The molecule has 0 aliphatic heterocycles. The lowest BCUT2D eigenvalue weighted by Gasteiger charge is -2.13. The molecule has 4 nitrogen and oxygen atoms in total. The first-order valence-corrected chi connectivity index (χ1v) is 6.86. The predicted octanol–water partition coefficient (Wildman–Crippen LogP) is 3.68. The number of aliphatic carboxylic acids is 1. The van der Waals surface area contributed by atoms with Crippen molar-refractivity contribution >= 4 is 12.0 Å². The summed E-state index contributed by atoms with van der Waals surface area (Å²) in [6.07, 6.45) is 2.66. The van der Waals surface area contributed by atoms with Crippen LogP contribution in [0.3, 0.4) is 0 Å². The highest BCUT2D eigenvalue weighted by Crippen LogP contribution is 2.31. The van der Waals surface area contributed by atoms with Gasteiger partial charge in [0.25, 0.3) is 0 Å². The molecule has 0 amide bonds. The molecule has 0 spiro atoms. The van der Waals surface area contributed by atoms with Gasteiger partial charge in [0.1, 0.15) is 6.61 Å².